The lowest BCUT2D eigenvalue weighted by molar-refractivity contribution is -0.143. The number of rotatable bonds is 55. The molecule has 3 N–H and O–H groups in total. The first-order chi connectivity index (χ1) is 32.5. The molecule has 0 fully saturated rings. The highest BCUT2D eigenvalue weighted by molar-refractivity contribution is 5.76. The molecule has 0 spiro atoms. The van der Waals surface area contributed by atoms with Crippen LogP contribution in [0.25, 0.3) is 0 Å². The Kier molecular flexibility index (Phi) is 54.5. The van der Waals surface area contributed by atoms with E-state index in [1.165, 1.54) is 257 Å². The zero-order valence-electron chi connectivity index (χ0n) is 44.4. The van der Waals surface area contributed by atoms with Gasteiger partial charge in [-0.15, -0.1) is 0 Å². The largest absolute Gasteiger partial charge is 0.466 e. The molecular formula is C60H115NO5. The number of ether oxygens (including phenoxy) is 1. The SMILES string of the molecule is CCCCCCCCCC/C=C/C(O)C(CO)NC(=O)CCCCCCCCCCCCC/C=C\CCCCCCCCCCCCCCOC(=O)CCCCCCCCCCCCCC. The highest BCUT2D eigenvalue weighted by atomic mass is 16.5. The molecule has 0 bridgehead atoms. The highest BCUT2D eigenvalue weighted by Crippen LogP contribution is 2.17. The van der Waals surface area contributed by atoms with Crippen LogP contribution in [0.3, 0.4) is 0 Å². The van der Waals surface area contributed by atoms with Crippen molar-refractivity contribution >= 4 is 11.9 Å². The Morgan fingerprint density at radius 2 is 0.712 bits per heavy atom. The first-order valence-electron chi connectivity index (χ1n) is 29.6. The fourth-order valence-corrected chi connectivity index (χ4v) is 9.16. The summed E-state index contributed by atoms with van der Waals surface area (Å²) >= 11 is 0. The van der Waals surface area contributed by atoms with Crippen LogP contribution in [0.1, 0.15) is 322 Å². The van der Waals surface area contributed by atoms with E-state index >= 15 is 0 Å². The number of esters is 1. The number of allylic oxidation sites excluding steroid dienone is 3. The topological polar surface area (TPSA) is 95.9 Å². The van der Waals surface area contributed by atoms with Crippen LogP contribution in [0.5, 0.6) is 0 Å². The van der Waals surface area contributed by atoms with E-state index in [4.69, 9.17) is 4.74 Å². The van der Waals surface area contributed by atoms with Crippen LogP contribution in [0.2, 0.25) is 0 Å². The van der Waals surface area contributed by atoms with Crippen LogP contribution in [-0.2, 0) is 14.3 Å². The molecule has 0 aliphatic heterocycles. The molecule has 0 aliphatic rings. The summed E-state index contributed by atoms with van der Waals surface area (Å²) in [6.45, 7) is 4.89. The molecule has 0 aromatic rings. The number of hydrogen-bond donors (Lipinski definition) is 3. The van der Waals surface area contributed by atoms with Gasteiger partial charge in [-0.3, -0.25) is 9.59 Å². The minimum atomic E-state index is -0.842. The summed E-state index contributed by atoms with van der Waals surface area (Å²) in [7, 11) is 0. The molecule has 0 saturated heterocycles. The second-order valence-electron chi connectivity index (χ2n) is 20.3. The van der Waals surface area contributed by atoms with Crippen LogP contribution in [0, 0.1) is 0 Å². The van der Waals surface area contributed by atoms with Gasteiger partial charge >= 0.3 is 5.97 Å². The van der Waals surface area contributed by atoms with E-state index in [0.717, 1.165) is 38.5 Å². The van der Waals surface area contributed by atoms with Gasteiger partial charge in [0.25, 0.3) is 0 Å². The first-order valence-corrected chi connectivity index (χ1v) is 29.6. The molecule has 2 atom stereocenters. The van der Waals surface area contributed by atoms with Crippen molar-refractivity contribution in [1.29, 1.82) is 0 Å². The number of amides is 1. The third-order valence-corrected chi connectivity index (χ3v) is 13.7. The number of unbranched alkanes of at least 4 members (excludes halogenated alkanes) is 42. The first kappa shape index (κ1) is 64.3. The van der Waals surface area contributed by atoms with E-state index in [2.05, 4.69) is 31.3 Å². The molecule has 0 saturated carbocycles. The quantitative estimate of drug-likeness (QED) is 0.0321. The number of carbonyl (C=O) groups is 2. The van der Waals surface area contributed by atoms with Gasteiger partial charge in [0.05, 0.1) is 25.4 Å². The van der Waals surface area contributed by atoms with E-state index in [-0.39, 0.29) is 18.5 Å². The van der Waals surface area contributed by atoms with Gasteiger partial charge in [-0.25, -0.2) is 0 Å². The molecular weight excluding hydrogens is 815 g/mol. The summed E-state index contributed by atoms with van der Waals surface area (Å²) in [5.41, 5.74) is 0. The van der Waals surface area contributed by atoms with E-state index in [1.54, 1.807) is 6.08 Å². The van der Waals surface area contributed by atoms with Gasteiger partial charge in [0, 0.05) is 12.8 Å². The Labute approximate surface area is 411 Å². The molecule has 0 aliphatic carbocycles. The molecule has 1 amide bonds. The summed E-state index contributed by atoms with van der Waals surface area (Å²) in [5.74, 6) is -0.0547. The third-order valence-electron chi connectivity index (χ3n) is 13.7. The Morgan fingerprint density at radius 3 is 1.08 bits per heavy atom. The number of nitrogens with one attached hydrogen (secondary N) is 1. The fraction of sp³-hybridized carbons (Fsp3) is 0.900. The predicted molar refractivity (Wildman–Crippen MR) is 287 cm³/mol. The minimum Gasteiger partial charge on any atom is -0.466 e. The zero-order valence-corrected chi connectivity index (χ0v) is 44.4. The molecule has 6 nitrogen and oxygen atoms in total. The van der Waals surface area contributed by atoms with E-state index in [9.17, 15) is 19.8 Å². The smallest absolute Gasteiger partial charge is 0.305 e. The minimum absolute atomic E-state index is 0.0153. The number of hydrogen-bond acceptors (Lipinski definition) is 5. The third kappa shape index (κ3) is 51.7. The fourth-order valence-electron chi connectivity index (χ4n) is 9.16. The Morgan fingerprint density at radius 1 is 0.409 bits per heavy atom. The summed E-state index contributed by atoms with van der Waals surface area (Å²) in [5, 5.41) is 23.0. The van der Waals surface area contributed by atoms with Gasteiger partial charge in [0.1, 0.15) is 0 Å². The maximum Gasteiger partial charge on any atom is 0.305 e. The van der Waals surface area contributed by atoms with Gasteiger partial charge in [-0.05, 0) is 57.8 Å². The molecule has 0 radical (unpaired) electrons. The van der Waals surface area contributed by atoms with Crippen molar-refractivity contribution in [3.63, 3.8) is 0 Å². The zero-order chi connectivity index (χ0) is 47.9. The molecule has 6 heteroatoms. The maximum absolute atomic E-state index is 12.4. The van der Waals surface area contributed by atoms with E-state index < -0.39 is 12.1 Å². The summed E-state index contributed by atoms with van der Waals surface area (Å²) < 4.78 is 5.47. The van der Waals surface area contributed by atoms with Gasteiger partial charge in [-0.2, -0.15) is 0 Å². The lowest BCUT2D eigenvalue weighted by Gasteiger charge is -2.20. The Balaban J connectivity index is 3.37. The molecule has 2 unspecified atom stereocenters. The summed E-state index contributed by atoms with van der Waals surface area (Å²) in [6.07, 6.45) is 67.9. The van der Waals surface area contributed by atoms with Crippen LogP contribution in [0.15, 0.2) is 24.3 Å². The average Bonchev–Trinajstić information content (AvgIpc) is 3.32. The van der Waals surface area contributed by atoms with Crippen molar-refractivity contribution in [3.8, 4) is 0 Å². The molecule has 0 aromatic carbocycles. The molecule has 390 valence electrons. The molecule has 0 rings (SSSR count). The van der Waals surface area contributed by atoms with Gasteiger partial charge in [-0.1, -0.05) is 276 Å². The van der Waals surface area contributed by atoms with Crippen LogP contribution in [-0.4, -0.2) is 47.4 Å². The van der Waals surface area contributed by atoms with Crippen molar-refractivity contribution in [2.24, 2.45) is 0 Å². The second kappa shape index (κ2) is 55.9. The summed E-state index contributed by atoms with van der Waals surface area (Å²) in [6, 6.07) is -0.626. The molecule has 0 heterocycles. The predicted octanol–water partition coefficient (Wildman–Crippen LogP) is 18.2. The van der Waals surface area contributed by atoms with Crippen molar-refractivity contribution in [2.45, 2.75) is 334 Å². The number of carbonyl (C=O) groups excluding carboxylic acids is 2. The molecule has 0 aromatic heterocycles. The van der Waals surface area contributed by atoms with Crippen LogP contribution in [0.4, 0.5) is 0 Å². The Bertz CT molecular complexity index is 1030. The van der Waals surface area contributed by atoms with Crippen molar-refractivity contribution in [1.82, 2.24) is 5.32 Å². The number of aliphatic hydroxyl groups is 2. The standard InChI is InChI=1S/C60H115NO5/c1-3-5-7-9-11-13-15-34-38-42-46-50-54-60(65)66-55-51-47-43-39-35-32-30-28-26-24-22-20-18-16-17-19-21-23-25-27-29-31-33-37-41-45-49-53-59(64)61-57(56-62)58(63)52-48-44-40-36-14-12-10-8-6-4-2/h16-17,48,52,57-58,62-63H,3-15,18-47,49-51,53-56H2,1-2H3,(H,61,64)/b17-16-,52-48+. The summed E-state index contributed by atoms with van der Waals surface area (Å²) in [4.78, 5) is 24.4. The van der Waals surface area contributed by atoms with Gasteiger partial charge < -0.3 is 20.3 Å². The Hall–Kier alpha value is -1.66. The lowest BCUT2D eigenvalue weighted by Crippen LogP contribution is -2.45. The van der Waals surface area contributed by atoms with Crippen molar-refractivity contribution in [2.75, 3.05) is 13.2 Å². The normalized spacial score (nSPS) is 12.7. The van der Waals surface area contributed by atoms with Crippen molar-refractivity contribution in [3.05, 3.63) is 24.3 Å². The number of aliphatic hydroxyl groups excluding tert-OH is 2. The monoisotopic (exact) mass is 930 g/mol. The van der Waals surface area contributed by atoms with Crippen molar-refractivity contribution < 1.29 is 24.5 Å². The van der Waals surface area contributed by atoms with Crippen LogP contribution >= 0.6 is 0 Å². The van der Waals surface area contributed by atoms with Crippen LogP contribution < -0.4 is 5.32 Å². The lowest BCUT2D eigenvalue weighted by atomic mass is 10.0. The second-order valence-corrected chi connectivity index (χ2v) is 20.3. The van der Waals surface area contributed by atoms with E-state index in [1.807, 2.05) is 6.08 Å². The highest BCUT2D eigenvalue weighted by Gasteiger charge is 2.18. The molecule has 66 heavy (non-hydrogen) atoms. The van der Waals surface area contributed by atoms with Gasteiger partial charge in [0.15, 0.2) is 0 Å². The average molecular weight is 931 g/mol. The van der Waals surface area contributed by atoms with Gasteiger partial charge in [0.2, 0.25) is 5.91 Å². The maximum atomic E-state index is 12.4. The van der Waals surface area contributed by atoms with E-state index in [0.29, 0.717) is 19.4 Å².